The summed E-state index contributed by atoms with van der Waals surface area (Å²) in [7, 11) is 0. The molecular formula is C19H21FN6O2. The summed E-state index contributed by atoms with van der Waals surface area (Å²) in [6, 6.07) is 4.26. The highest BCUT2D eigenvalue weighted by atomic mass is 19.1. The molecule has 0 radical (unpaired) electrons. The van der Waals surface area contributed by atoms with E-state index in [9.17, 15) is 14.0 Å². The average Bonchev–Trinajstić information content (AvgIpc) is 3.35. The van der Waals surface area contributed by atoms with Crippen LogP contribution in [0.25, 0.3) is 10.9 Å². The number of aromatic amines is 1. The molecule has 1 atom stereocenters. The predicted octanol–water partition coefficient (Wildman–Crippen LogP) is 1.71. The molecule has 8 nitrogen and oxygen atoms in total. The van der Waals surface area contributed by atoms with E-state index in [1.54, 1.807) is 23.4 Å². The first-order valence-electron chi connectivity index (χ1n) is 9.30. The first kappa shape index (κ1) is 18.1. The Bertz CT molecular complexity index is 984. The zero-order chi connectivity index (χ0) is 19.5. The average molecular weight is 384 g/mol. The Hall–Kier alpha value is -3.23. The van der Waals surface area contributed by atoms with Crippen LogP contribution in [0.3, 0.4) is 0 Å². The van der Waals surface area contributed by atoms with E-state index in [4.69, 9.17) is 0 Å². The molecule has 2 N–H and O–H groups in total. The Morgan fingerprint density at radius 3 is 3.04 bits per heavy atom. The Labute approximate surface area is 160 Å². The SMILES string of the molecule is O=C(Cn1ccnn1)NC[C@H]1CCCCN1C(=O)c1c[nH]c2ccc(F)cc12. The van der Waals surface area contributed by atoms with Gasteiger partial charge < -0.3 is 15.2 Å². The lowest BCUT2D eigenvalue weighted by Crippen LogP contribution is -2.49. The molecule has 3 aromatic rings. The third-order valence-electron chi connectivity index (χ3n) is 5.07. The highest BCUT2D eigenvalue weighted by molar-refractivity contribution is 6.06. The molecule has 1 aliphatic heterocycles. The Morgan fingerprint density at radius 1 is 1.32 bits per heavy atom. The second-order valence-electron chi connectivity index (χ2n) is 6.95. The van der Waals surface area contributed by atoms with Crippen molar-refractivity contribution in [2.75, 3.05) is 13.1 Å². The normalized spacial score (nSPS) is 17.0. The van der Waals surface area contributed by atoms with Gasteiger partial charge in [-0.1, -0.05) is 5.21 Å². The lowest BCUT2D eigenvalue weighted by atomic mass is 10.0. The van der Waals surface area contributed by atoms with Gasteiger partial charge >= 0.3 is 0 Å². The molecule has 1 aromatic carbocycles. The number of nitrogens with zero attached hydrogens (tertiary/aromatic N) is 4. The van der Waals surface area contributed by atoms with E-state index in [0.717, 1.165) is 24.8 Å². The number of aromatic nitrogens is 4. The number of fused-ring (bicyclic) bond motifs is 1. The molecule has 3 heterocycles. The maximum absolute atomic E-state index is 13.6. The highest BCUT2D eigenvalue weighted by Crippen LogP contribution is 2.24. The van der Waals surface area contributed by atoms with E-state index in [1.165, 1.54) is 23.0 Å². The molecule has 0 unspecified atom stereocenters. The van der Waals surface area contributed by atoms with Crippen molar-refractivity contribution in [1.29, 1.82) is 0 Å². The molecule has 0 aliphatic carbocycles. The predicted molar refractivity (Wildman–Crippen MR) is 100.0 cm³/mol. The second-order valence-corrected chi connectivity index (χ2v) is 6.95. The van der Waals surface area contributed by atoms with Crippen LogP contribution >= 0.6 is 0 Å². The van der Waals surface area contributed by atoms with Crippen molar-refractivity contribution in [3.8, 4) is 0 Å². The summed E-state index contributed by atoms with van der Waals surface area (Å²) >= 11 is 0. The third kappa shape index (κ3) is 3.73. The molecule has 0 saturated carbocycles. The second kappa shape index (κ2) is 7.79. The van der Waals surface area contributed by atoms with Crippen LogP contribution in [-0.2, 0) is 11.3 Å². The minimum Gasteiger partial charge on any atom is -0.360 e. The van der Waals surface area contributed by atoms with Crippen molar-refractivity contribution in [3.05, 3.63) is 48.2 Å². The number of halogens is 1. The minimum absolute atomic E-state index is 0.0857. The van der Waals surface area contributed by atoms with E-state index in [0.29, 0.717) is 24.0 Å². The Morgan fingerprint density at radius 2 is 2.21 bits per heavy atom. The zero-order valence-corrected chi connectivity index (χ0v) is 15.3. The van der Waals surface area contributed by atoms with Gasteiger partial charge in [-0.15, -0.1) is 5.10 Å². The Balaban J connectivity index is 1.46. The van der Waals surface area contributed by atoms with E-state index in [1.807, 2.05) is 0 Å². The van der Waals surface area contributed by atoms with Crippen molar-refractivity contribution in [3.63, 3.8) is 0 Å². The molecule has 4 rings (SSSR count). The number of rotatable bonds is 5. The number of carbonyl (C=O) groups is 2. The van der Waals surface area contributed by atoms with Gasteiger partial charge in [-0.3, -0.25) is 9.59 Å². The lowest BCUT2D eigenvalue weighted by molar-refractivity contribution is -0.122. The number of carbonyl (C=O) groups excluding carboxylic acids is 2. The fourth-order valence-electron chi connectivity index (χ4n) is 3.66. The van der Waals surface area contributed by atoms with E-state index in [-0.39, 0.29) is 30.2 Å². The van der Waals surface area contributed by atoms with E-state index in [2.05, 4.69) is 20.6 Å². The summed E-state index contributed by atoms with van der Waals surface area (Å²) in [5.41, 5.74) is 1.18. The topological polar surface area (TPSA) is 95.9 Å². The van der Waals surface area contributed by atoms with Crippen LogP contribution in [0.1, 0.15) is 29.6 Å². The molecule has 0 bridgehead atoms. The fourth-order valence-corrected chi connectivity index (χ4v) is 3.66. The van der Waals surface area contributed by atoms with Crippen LogP contribution in [0.2, 0.25) is 0 Å². The molecule has 28 heavy (non-hydrogen) atoms. The minimum atomic E-state index is -0.378. The molecule has 0 spiro atoms. The van der Waals surface area contributed by atoms with Crippen LogP contribution in [0.4, 0.5) is 4.39 Å². The number of hydrogen-bond donors (Lipinski definition) is 2. The molecule has 1 fully saturated rings. The van der Waals surface area contributed by atoms with Gasteiger partial charge in [0.1, 0.15) is 12.4 Å². The van der Waals surface area contributed by atoms with Gasteiger partial charge in [0, 0.05) is 42.4 Å². The van der Waals surface area contributed by atoms with E-state index < -0.39 is 0 Å². The summed E-state index contributed by atoms with van der Waals surface area (Å²) in [6.07, 6.45) is 7.47. The highest BCUT2D eigenvalue weighted by Gasteiger charge is 2.29. The molecular weight excluding hydrogens is 363 g/mol. The maximum atomic E-state index is 13.6. The number of H-pyrrole nitrogens is 1. The summed E-state index contributed by atoms with van der Waals surface area (Å²) < 4.78 is 15.1. The van der Waals surface area contributed by atoms with Gasteiger partial charge in [-0.05, 0) is 37.5 Å². The third-order valence-corrected chi connectivity index (χ3v) is 5.07. The number of likely N-dealkylation sites (tertiary alicyclic amines) is 1. The number of piperidine rings is 1. The number of nitrogens with one attached hydrogen (secondary N) is 2. The fraction of sp³-hybridized carbons (Fsp3) is 0.368. The van der Waals surface area contributed by atoms with E-state index >= 15 is 0 Å². The van der Waals surface area contributed by atoms with Crippen LogP contribution in [0, 0.1) is 5.82 Å². The smallest absolute Gasteiger partial charge is 0.256 e. The first-order valence-corrected chi connectivity index (χ1v) is 9.30. The number of amides is 2. The van der Waals surface area contributed by atoms with Gasteiger partial charge in [-0.25, -0.2) is 9.07 Å². The molecule has 1 aliphatic rings. The van der Waals surface area contributed by atoms with Gasteiger partial charge in [0.25, 0.3) is 5.91 Å². The van der Waals surface area contributed by atoms with Crippen molar-refractivity contribution < 1.29 is 14.0 Å². The number of benzene rings is 1. The van der Waals surface area contributed by atoms with Crippen molar-refractivity contribution >= 4 is 22.7 Å². The summed E-state index contributed by atoms with van der Waals surface area (Å²) in [5.74, 6) is -0.707. The van der Waals surface area contributed by atoms with Gasteiger partial charge in [-0.2, -0.15) is 0 Å². The van der Waals surface area contributed by atoms with Crippen LogP contribution < -0.4 is 5.32 Å². The van der Waals surface area contributed by atoms with Gasteiger partial charge in [0.15, 0.2) is 0 Å². The molecule has 146 valence electrons. The molecule has 9 heteroatoms. The summed E-state index contributed by atoms with van der Waals surface area (Å²) in [6.45, 7) is 1.07. The molecule has 1 saturated heterocycles. The van der Waals surface area contributed by atoms with Crippen LogP contribution in [0.15, 0.2) is 36.8 Å². The monoisotopic (exact) mass is 384 g/mol. The zero-order valence-electron chi connectivity index (χ0n) is 15.3. The van der Waals surface area contributed by atoms with Crippen LogP contribution in [0.5, 0.6) is 0 Å². The van der Waals surface area contributed by atoms with Crippen LogP contribution in [-0.4, -0.2) is 55.8 Å². The standard InChI is InChI=1S/C19H21FN6O2/c20-13-4-5-17-15(9-13)16(11-21-17)19(28)26-7-2-1-3-14(26)10-22-18(27)12-25-8-6-23-24-25/h4-6,8-9,11,14,21H,1-3,7,10,12H2,(H,22,27)/t14-/m1/s1. The summed E-state index contributed by atoms with van der Waals surface area (Å²) in [5, 5.41) is 10.9. The van der Waals surface area contributed by atoms with Crippen molar-refractivity contribution in [2.24, 2.45) is 0 Å². The van der Waals surface area contributed by atoms with Crippen molar-refractivity contribution in [1.82, 2.24) is 30.2 Å². The molecule has 2 amide bonds. The number of hydrogen-bond acceptors (Lipinski definition) is 4. The summed E-state index contributed by atoms with van der Waals surface area (Å²) in [4.78, 5) is 30.1. The quantitative estimate of drug-likeness (QED) is 0.700. The lowest BCUT2D eigenvalue weighted by Gasteiger charge is -2.35. The molecule has 2 aromatic heterocycles. The first-order chi connectivity index (χ1) is 13.6. The Kier molecular flexibility index (Phi) is 5.05. The van der Waals surface area contributed by atoms with Gasteiger partial charge in [0.2, 0.25) is 5.91 Å². The van der Waals surface area contributed by atoms with Gasteiger partial charge in [0.05, 0.1) is 11.8 Å². The largest absolute Gasteiger partial charge is 0.360 e. The maximum Gasteiger partial charge on any atom is 0.256 e. The van der Waals surface area contributed by atoms with Crippen molar-refractivity contribution in [2.45, 2.75) is 31.8 Å².